The molecule has 0 saturated carbocycles. The molecule has 1 heterocycles. The molecule has 0 aromatic heterocycles. The van der Waals surface area contributed by atoms with Gasteiger partial charge >= 0.3 is 0 Å². The number of amides is 1. The third-order valence-corrected chi connectivity index (χ3v) is 3.82. The van der Waals surface area contributed by atoms with Crippen LogP contribution in [0.1, 0.15) is 36.8 Å². The zero-order valence-electron chi connectivity index (χ0n) is 11.7. The number of aryl methyl sites for hydroxylation is 2. The van der Waals surface area contributed by atoms with Gasteiger partial charge in [-0.05, 0) is 56.8 Å². The Hall–Kier alpha value is -1.35. The Morgan fingerprint density at radius 1 is 1.32 bits per heavy atom. The molecule has 1 fully saturated rings. The van der Waals surface area contributed by atoms with E-state index in [0.717, 1.165) is 38.8 Å². The molecule has 1 atom stereocenters. The van der Waals surface area contributed by atoms with Crippen molar-refractivity contribution >= 4 is 5.91 Å². The van der Waals surface area contributed by atoms with Crippen molar-refractivity contribution < 1.29 is 4.79 Å². The quantitative estimate of drug-likeness (QED) is 0.871. The van der Waals surface area contributed by atoms with Gasteiger partial charge in [-0.15, -0.1) is 0 Å². The van der Waals surface area contributed by atoms with Gasteiger partial charge in [0.2, 0.25) is 5.91 Å². The molecule has 1 aromatic carbocycles. The predicted octanol–water partition coefficient (Wildman–Crippen LogP) is 2.19. The Balaban J connectivity index is 1.76. The SMILES string of the molecule is Cc1ccccc1CCC(=O)NC1CCCNCC1. The number of carbonyl (C=O) groups excluding carboxylic acids is 1. The summed E-state index contributed by atoms with van der Waals surface area (Å²) in [4.78, 5) is 12.0. The Morgan fingerprint density at radius 2 is 2.16 bits per heavy atom. The van der Waals surface area contributed by atoms with Crippen LogP contribution in [-0.4, -0.2) is 25.0 Å². The van der Waals surface area contributed by atoms with Crippen molar-refractivity contribution in [1.82, 2.24) is 10.6 Å². The second-order valence-corrected chi connectivity index (χ2v) is 5.37. The zero-order valence-corrected chi connectivity index (χ0v) is 11.7. The number of carbonyl (C=O) groups is 1. The minimum Gasteiger partial charge on any atom is -0.353 e. The van der Waals surface area contributed by atoms with E-state index in [-0.39, 0.29) is 5.91 Å². The van der Waals surface area contributed by atoms with E-state index in [1.54, 1.807) is 0 Å². The predicted molar refractivity (Wildman–Crippen MR) is 78.2 cm³/mol. The summed E-state index contributed by atoms with van der Waals surface area (Å²) in [5, 5.41) is 6.53. The third-order valence-electron chi connectivity index (χ3n) is 3.82. The lowest BCUT2D eigenvalue weighted by Gasteiger charge is -2.16. The summed E-state index contributed by atoms with van der Waals surface area (Å²) in [6, 6.07) is 8.65. The fraction of sp³-hybridized carbons (Fsp3) is 0.562. The summed E-state index contributed by atoms with van der Waals surface area (Å²) < 4.78 is 0. The average molecular weight is 260 g/mol. The Bertz CT molecular complexity index is 409. The first kappa shape index (κ1) is 14.1. The van der Waals surface area contributed by atoms with Crippen LogP contribution in [0.3, 0.4) is 0 Å². The minimum absolute atomic E-state index is 0.190. The first-order chi connectivity index (χ1) is 9.25. The van der Waals surface area contributed by atoms with Gasteiger partial charge in [0.25, 0.3) is 0 Å². The van der Waals surface area contributed by atoms with Gasteiger partial charge in [-0.25, -0.2) is 0 Å². The highest BCUT2D eigenvalue weighted by Crippen LogP contribution is 2.10. The fourth-order valence-corrected chi connectivity index (χ4v) is 2.60. The van der Waals surface area contributed by atoms with Crippen LogP contribution in [0.4, 0.5) is 0 Å². The van der Waals surface area contributed by atoms with E-state index in [1.165, 1.54) is 11.1 Å². The lowest BCUT2D eigenvalue weighted by atomic mass is 10.0. The number of hydrogen-bond acceptors (Lipinski definition) is 2. The van der Waals surface area contributed by atoms with Crippen LogP contribution in [0.25, 0.3) is 0 Å². The van der Waals surface area contributed by atoms with Crippen molar-refractivity contribution in [3.63, 3.8) is 0 Å². The highest BCUT2D eigenvalue weighted by molar-refractivity contribution is 5.76. The third kappa shape index (κ3) is 4.67. The minimum atomic E-state index is 0.190. The molecule has 1 saturated heterocycles. The van der Waals surface area contributed by atoms with Gasteiger partial charge < -0.3 is 10.6 Å². The Labute approximate surface area is 115 Å². The van der Waals surface area contributed by atoms with Gasteiger partial charge in [0.05, 0.1) is 0 Å². The molecule has 1 amide bonds. The summed E-state index contributed by atoms with van der Waals surface area (Å²) in [6.07, 6.45) is 4.74. The van der Waals surface area contributed by atoms with Crippen molar-refractivity contribution in [2.75, 3.05) is 13.1 Å². The van der Waals surface area contributed by atoms with Gasteiger partial charge in [0.15, 0.2) is 0 Å². The number of benzene rings is 1. The molecule has 0 aliphatic carbocycles. The number of rotatable bonds is 4. The summed E-state index contributed by atoms with van der Waals surface area (Å²) >= 11 is 0. The second kappa shape index (κ2) is 7.29. The molecule has 3 nitrogen and oxygen atoms in total. The van der Waals surface area contributed by atoms with Gasteiger partial charge in [0, 0.05) is 12.5 Å². The highest BCUT2D eigenvalue weighted by atomic mass is 16.1. The maximum Gasteiger partial charge on any atom is 0.220 e. The molecule has 1 aliphatic heterocycles. The van der Waals surface area contributed by atoms with Gasteiger partial charge in [-0.1, -0.05) is 24.3 Å². The lowest BCUT2D eigenvalue weighted by molar-refractivity contribution is -0.121. The number of hydrogen-bond donors (Lipinski definition) is 2. The fourth-order valence-electron chi connectivity index (χ4n) is 2.60. The summed E-state index contributed by atoms with van der Waals surface area (Å²) in [5.74, 6) is 0.190. The second-order valence-electron chi connectivity index (χ2n) is 5.37. The molecular formula is C16H24N2O. The molecule has 104 valence electrons. The van der Waals surface area contributed by atoms with Crippen molar-refractivity contribution in [1.29, 1.82) is 0 Å². The van der Waals surface area contributed by atoms with E-state index in [2.05, 4.69) is 29.7 Å². The van der Waals surface area contributed by atoms with Crippen LogP contribution in [0.15, 0.2) is 24.3 Å². The van der Waals surface area contributed by atoms with Crippen LogP contribution in [0.5, 0.6) is 0 Å². The monoisotopic (exact) mass is 260 g/mol. The van der Waals surface area contributed by atoms with Crippen LogP contribution >= 0.6 is 0 Å². The van der Waals surface area contributed by atoms with Crippen LogP contribution in [0, 0.1) is 6.92 Å². The smallest absolute Gasteiger partial charge is 0.220 e. The van der Waals surface area contributed by atoms with Gasteiger partial charge in [-0.3, -0.25) is 4.79 Å². The summed E-state index contributed by atoms with van der Waals surface area (Å²) in [6.45, 7) is 4.20. The topological polar surface area (TPSA) is 41.1 Å². The molecule has 3 heteroatoms. The zero-order chi connectivity index (χ0) is 13.5. The highest BCUT2D eigenvalue weighted by Gasteiger charge is 2.14. The number of nitrogens with one attached hydrogen (secondary N) is 2. The van der Waals surface area contributed by atoms with E-state index in [1.807, 2.05) is 12.1 Å². The van der Waals surface area contributed by atoms with E-state index >= 15 is 0 Å². The molecule has 1 aliphatic rings. The molecule has 2 N–H and O–H groups in total. The van der Waals surface area contributed by atoms with Crippen molar-refractivity contribution in [3.05, 3.63) is 35.4 Å². The van der Waals surface area contributed by atoms with Crippen molar-refractivity contribution in [2.45, 2.75) is 45.1 Å². The maximum absolute atomic E-state index is 12.0. The first-order valence-electron chi connectivity index (χ1n) is 7.30. The largest absolute Gasteiger partial charge is 0.353 e. The van der Waals surface area contributed by atoms with Crippen LogP contribution in [-0.2, 0) is 11.2 Å². The maximum atomic E-state index is 12.0. The van der Waals surface area contributed by atoms with Crippen LogP contribution in [0.2, 0.25) is 0 Å². The van der Waals surface area contributed by atoms with Crippen LogP contribution < -0.4 is 10.6 Å². The first-order valence-corrected chi connectivity index (χ1v) is 7.30. The molecular weight excluding hydrogens is 236 g/mol. The van der Waals surface area contributed by atoms with E-state index in [0.29, 0.717) is 12.5 Å². The van der Waals surface area contributed by atoms with Gasteiger partial charge in [-0.2, -0.15) is 0 Å². The molecule has 0 radical (unpaired) electrons. The average Bonchev–Trinajstić information content (AvgIpc) is 2.66. The van der Waals surface area contributed by atoms with E-state index < -0.39 is 0 Å². The van der Waals surface area contributed by atoms with E-state index in [9.17, 15) is 4.79 Å². The molecule has 19 heavy (non-hydrogen) atoms. The van der Waals surface area contributed by atoms with Crippen molar-refractivity contribution in [3.8, 4) is 0 Å². The van der Waals surface area contributed by atoms with E-state index in [4.69, 9.17) is 0 Å². The Kier molecular flexibility index (Phi) is 5.40. The lowest BCUT2D eigenvalue weighted by Crippen LogP contribution is -2.35. The summed E-state index contributed by atoms with van der Waals surface area (Å²) in [5.41, 5.74) is 2.55. The molecule has 0 bridgehead atoms. The molecule has 0 spiro atoms. The standard InChI is InChI=1S/C16H24N2O/c1-13-5-2-3-6-14(13)8-9-16(19)18-15-7-4-11-17-12-10-15/h2-3,5-6,15,17H,4,7-12H2,1H3,(H,18,19). The summed E-state index contributed by atoms with van der Waals surface area (Å²) in [7, 11) is 0. The molecule has 2 rings (SSSR count). The molecule has 1 aromatic rings. The molecule has 1 unspecified atom stereocenters. The normalized spacial score (nSPS) is 19.7. The van der Waals surface area contributed by atoms with Gasteiger partial charge in [0.1, 0.15) is 0 Å². The van der Waals surface area contributed by atoms with Crippen molar-refractivity contribution in [2.24, 2.45) is 0 Å². The Morgan fingerprint density at radius 3 is 3.00 bits per heavy atom.